The maximum absolute atomic E-state index is 13.0. The first-order chi connectivity index (χ1) is 17.5. The number of fused-ring (bicyclic) bond motifs is 1. The number of urea groups is 1. The molecule has 186 valence electrons. The number of hydrogen-bond donors (Lipinski definition) is 1. The number of aromatic nitrogens is 2. The highest BCUT2D eigenvalue weighted by atomic mass is 16.5. The molecule has 2 amide bonds. The number of rotatable bonds is 6. The molecule has 0 bridgehead atoms. The van der Waals surface area contributed by atoms with E-state index in [1.54, 1.807) is 32.2 Å². The zero-order valence-electron chi connectivity index (χ0n) is 20.3. The third-order valence-electron chi connectivity index (χ3n) is 6.78. The summed E-state index contributed by atoms with van der Waals surface area (Å²) in [5, 5.41) is 6.05. The molecule has 1 aromatic heterocycles. The van der Waals surface area contributed by atoms with Gasteiger partial charge in [0.15, 0.2) is 0 Å². The van der Waals surface area contributed by atoms with Crippen molar-refractivity contribution < 1.29 is 14.3 Å². The molecule has 10 nitrogen and oxygen atoms in total. The molecule has 0 spiro atoms. The van der Waals surface area contributed by atoms with Gasteiger partial charge < -0.3 is 24.6 Å². The molecule has 1 N–H and O–H groups in total. The highest BCUT2D eigenvalue weighted by molar-refractivity contribution is 5.91. The Balaban J connectivity index is 1.21. The highest BCUT2D eigenvalue weighted by Gasteiger charge is 2.30. The summed E-state index contributed by atoms with van der Waals surface area (Å²) >= 11 is 0. The molecule has 3 heterocycles. The summed E-state index contributed by atoms with van der Waals surface area (Å²) < 4.78 is 11.2. The van der Waals surface area contributed by atoms with Gasteiger partial charge in [-0.15, -0.1) is 4.91 Å². The normalized spacial score (nSPS) is 16.1. The Bertz CT molecular complexity index is 1280. The summed E-state index contributed by atoms with van der Waals surface area (Å²) in [6, 6.07) is 12.7. The van der Waals surface area contributed by atoms with Gasteiger partial charge in [0.1, 0.15) is 29.3 Å². The monoisotopic (exact) mass is 488 g/mol. The van der Waals surface area contributed by atoms with E-state index in [0.717, 1.165) is 60.7 Å². The summed E-state index contributed by atoms with van der Waals surface area (Å²) in [7, 11) is 1.65. The number of nitrogens with zero attached hydrogens (tertiary/aromatic N) is 5. The maximum Gasteiger partial charge on any atom is 0.322 e. The minimum Gasteiger partial charge on any atom is -0.497 e. The minimum absolute atomic E-state index is 0.0545. The van der Waals surface area contributed by atoms with Crippen molar-refractivity contribution in [3.8, 4) is 17.4 Å². The minimum atomic E-state index is -0.0545. The number of nitroso groups, excluding NO2 is 1. The predicted octanol–water partition coefficient (Wildman–Crippen LogP) is 5.04. The van der Waals surface area contributed by atoms with Gasteiger partial charge in [-0.3, -0.25) is 0 Å². The number of benzene rings is 2. The van der Waals surface area contributed by atoms with Crippen molar-refractivity contribution in [1.82, 2.24) is 14.9 Å². The molecule has 2 aliphatic rings. The van der Waals surface area contributed by atoms with Crippen LogP contribution in [0, 0.1) is 11.8 Å². The first kappa shape index (κ1) is 23.5. The molecule has 0 atom stereocenters. The summed E-state index contributed by atoms with van der Waals surface area (Å²) in [5.41, 5.74) is 3.05. The van der Waals surface area contributed by atoms with Crippen LogP contribution in [0.15, 0.2) is 54.0 Å². The van der Waals surface area contributed by atoms with Gasteiger partial charge in [0.25, 0.3) is 0 Å². The number of nitrogens with one attached hydrogen (secondary N) is 1. The van der Waals surface area contributed by atoms with Gasteiger partial charge in [-0.1, -0.05) is 0 Å². The number of piperidine rings is 1. The average Bonchev–Trinajstić information content (AvgIpc) is 3.06. The number of ether oxygens (including phenoxy) is 2. The number of carbonyl (C=O) groups excluding carboxylic acids is 1. The molecule has 3 aromatic rings. The lowest BCUT2D eigenvalue weighted by atomic mass is 10.0. The van der Waals surface area contributed by atoms with Crippen molar-refractivity contribution in [1.29, 1.82) is 0 Å². The van der Waals surface area contributed by atoms with Crippen LogP contribution in [0.3, 0.4) is 0 Å². The van der Waals surface area contributed by atoms with Crippen molar-refractivity contribution in [2.75, 3.05) is 37.0 Å². The van der Waals surface area contributed by atoms with Crippen LogP contribution in [0.1, 0.15) is 24.0 Å². The zero-order chi connectivity index (χ0) is 25.1. The second-order valence-corrected chi connectivity index (χ2v) is 8.97. The Morgan fingerprint density at radius 3 is 2.58 bits per heavy atom. The number of amides is 2. The molecule has 2 aromatic carbocycles. The number of carbonyl (C=O) groups is 1. The fourth-order valence-corrected chi connectivity index (χ4v) is 4.78. The van der Waals surface area contributed by atoms with Crippen molar-refractivity contribution >= 4 is 23.2 Å². The molecule has 10 heteroatoms. The molecular formula is C26H28N6O4. The van der Waals surface area contributed by atoms with Gasteiger partial charge in [-0.25, -0.2) is 14.8 Å². The first-order valence-corrected chi connectivity index (χ1v) is 12.0. The number of anilines is 2. The Morgan fingerprint density at radius 1 is 1.03 bits per heavy atom. The van der Waals surface area contributed by atoms with E-state index in [-0.39, 0.29) is 12.1 Å². The molecular weight excluding hydrogens is 460 g/mol. The van der Waals surface area contributed by atoms with Crippen LogP contribution in [0.5, 0.6) is 17.4 Å². The lowest BCUT2D eigenvalue weighted by Gasteiger charge is -2.38. The average molecular weight is 489 g/mol. The lowest BCUT2D eigenvalue weighted by Crippen LogP contribution is -2.49. The van der Waals surface area contributed by atoms with Crippen LogP contribution in [0.2, 0.25) is 0 Å². The number of hydrogen-bond acceptors (Lipinski definition) is 8. The maximum atomic E-state index is 13.0. The van der Waals surface area contributed by atoms with E-state index in [9.17, 15) is 9.70 Å². The largest absolute Gasteiger partial charge is 0.497 e. The van der Waals surface area contributed by atoms with E-state index in [0.29, 0.717) is 23.9 Å². The van der Waals surface area contributed by atoms with Crippen LogP contribution in [-0.2, 0) is 6.42 Å². The highest BCUT2D eigenvalue weighted by Crippen LogP contribution is 2.30. The van der Waals surface area contributed by atoms with Gasteiger partial charge in [0.2, 0.25) is 5.88 Å². The van der Waals surface area contributed by atoms with E-state index >= 15 is 0 Å². The molecule has 0 unspecified atom stereocenters. The fraction of sp³-hybridized carbons (Fsp3) is 0.346. The molecule has 1 fully saturated rings. The third-order valence-corrected chi connectivity index (χ3v) is 6.78. The standard InChI is InChI=1S/C26H28N6O4/c1-17-13-21(4-5-22(17)30-34)36-25-15-24(27-16-28-25)31-10-8-19(9-11-31)32-12-7-18-14-20(35-2)3-6-23(18)29-26(32)33/h3-6,13-16,19H,7-12H2,1-2H3,(H,29,33). The molecule has 0 radical (unpaired) electrons. The van der Waals surface area contributed by atoms with Gasteiger partial charge in [0.05, 0.1) is 7.11 Å². The molecule has 5 rings (SSSR count). The van der Waals surface area contributed by atoms with Gasteiger partial charge in [0, 0.05) is 37.4 Å². The van der Waals surface area contributed by atoms with Gasteiger partial charge in [-0.05, 0) is 78.9 Å². The van der Waals surface area contributed by atoms with E-state index in [2.05, 4.69) is 25.4 Å². The second kappa shape index (κ2) is 10.2. The SMILES string of the molecule is COc1ccc2c(c1)CCN(C1CCN(c3cc(Oc4ccc(N=O)c(C)c4)ncn3)CC1)C(=O)N2. The summed E-state index contributed by atoms with van der Waals surface area (Å²) in [4.78, 5) is 36.6. The quantitative estimate of drug-likeness (QED) is 0.484. The van der Waals surface area contributed by atoms with Crippen molar-refractivity contribution in [2.24, 2.45) is 5.18 Å². The van der Waals surface area contributed by atoms with Crippen LogP contribution >= 0.6 is 0 Å². The van der Waals surface area contributed by atoms with E-state index in [1.165, 1.54) is 6.33 Å². The zero-order valence-corrected chi connectivity index (χ0v) is 20.3. The van der Waals surface area contributed by atoms with E-state index < -0.39 is 0 Å². The Morgan fingerprint density at radius 2 is 1.83 bits per heavy atom. The van der Waals surface area contributed by atoms with Gasteiger partial charge >= 0.3 is 6.03 Å². The predicted molar refractivity (Wildman–Crippen MR) is 136 cm³/mol. The second-order valence-electron chi connectivity index (χ2n) is 8.97. The van der Waals surface area contributed by atoms with Crippen molar-refractivity contribution in [3.63, 3.8) is 0 Å². The smallest absolute Gasteiger partial charge is 0.322 e. The molecule has 1 saturated heterocycles. The van der Waals surface area contributed by atoms with Crippen molar-refractivity contribution in [2.45, 2.75) is 32.2 Å². The van der Waals surface area contributed by atoms with Crippen LogP contribution < -0.4 is 19.7 Å². The van der Waals surface area contributed by atoms with Crippen LogP contribution in [0.25, 0.3) is 0 Å². The van der Waals surface area contributed by atoms with Crippen LogP contribution in [-0.4, -0.2) is 53.7 Å². The van der Waals surface area contributed by atoms with Crippen LogP contribution in [0.4, 0.5) is 22.0 Å². The lowest BCUT2D eigenvalue weighted by molar-refractivity contribution is 0.177. The molecule has 0 aliphatic carbocycles. The number of aryl methyl sites for hydroxylation is 1. The topological polar surface area (TPSA) is 109 Å². The molecule has 36 heavy (non-hydrogen) atoms. The third kappa shape index (κ3) is 4.93. The Kier molecular flexibility index (Phi) is 6.66. The molecule has 2 aliphatic heterocycles. The fourth-order valence-electron chi connectivity index (χ4n) is 4.78. The summed E-state index contributed by atoms with van der Waals surface area (Å²) in [5.74, 6) is 2.58. The van der Waals surface area contributed by atoms with Gasteiger partial charge in [-0.2, -0.15) is 0 Å². The summed E-state index contributed by atoms with van der Waals surface area (Å²) in [6.07, 6.45) is 3.94. The summed E-state index contributed by atoms with van der Waals surface area (Å²) in [6.45, 7) is 4.01. The Labute approximate surface area is 209 Å². The van der Waals surface area contributed by atoms with Crippen molar-refractivity contribution in [3.05, 3.63) is 64.8 Å². The number of methoxy groups -OCH3 is 1. The van der Waals surface area contributed by atoms with E-state index in [1.807, 2.05) is 29.2 Å². The first-order valence-electron chi connectivity index (χ1n) is 12.0. The van der Waals surface area contributed by atoms with E-state index in [4.69, 9.17) is 9.47 Å². The molecule has 0 saturated carbocycles. The Hall–Kier alpha value is -4.21.